The van der Waals surface area contributed by atoms with Gasteiger partial charge in [0.2, 0.25) is 6.79 Å². The maximum absolute atomic E-state index is 11.2. The molecule has 5 nitrogen and oxygen atoms in total. The van der Waals surface area contributed by atoms with E-state index in [-0.39, 0.29) is 6.79 Å². The van der Waals surface area contributed by atoms with Gasteiger partial charge in [-0.1, -0.05) is 0 Å². The minimum atomic E-state index is -0.781. The number of hydrogen-bond donors (Lipinski definition) is 1. The number of nitrogens with zero attached hydrogens (tertiary/aromatic N) is 1. The van der Waals surface area contributed by atoms with Crippen LogP contribution in [0.1, 0.15) is 25.3 Å². The van der Waals surface area contributed by atoms with E-state index < -0.39 is 12.0 Å². The molecule has 20 heavy (non-hydrogen) atoms. The molecule has 0 bridgehead atoms. The van der Waals surface area contributed by atoms with Crippen LogP contribution in [0.2, 0.25) is 0 Å². The van der Waals surface area contributed by atoms with Crippen LogP contribution in [0.4, 0.5) is 0 Å². The number of ether oxygens (including phenoxy) is 2. The minimum absolute atomic E-state index is 0.231. The number of halogens is 1. The number of hydrogen-bond acceptors (Lipinski definition) is 4. The Labute approximate surface area is 125 Å². The lowest BCUT2D eigenvalue weighted by atomic mass is 10.1. The second kappa shape index (κ2) is 5.26. The Bertz CT molecular complexity index is 544. The fourth-order valence-corrected chi connectivity index (χ4v) is 3.06. The number of fused-ring (bicyclic) bond motifs is 1. The van der Waals surface area contributed by atoms with Gasteiger partial charge in [-0.25, -0.2) is 0 Å². The molecule has 0 radical (unpaired) electrons. The minimum Gasteiger partial charge on any atom is -0.480 e. The Morgan fingerprint density at radius 2 is 2.25 bits per heavy atom. The molecule has 0 spiro atoms. The average Bonchev–Trinajstić information content (AvgIpc) is 3.13. The van der Waals surface area contributed by atoms with Crippen molar-refractivity contribution in [3.8, 4) is 11.5 Å². The normalized spacial score (nSPS) is 18.4. The second-order valence-corrected chi connectivity index (χ2v) is 6.08. The van der Waals surface area contributed by atoms with Crippen LogP contribution in [0, 0.1) is 0 Å². The number of carbonyl (C=O) groups is 1. The topological polar surface area (TPSA) is 59.0 Å². The van der Waals surface area contributed by atoms with Crippen molar-refractivity contribution in [2.45, 2.75) is 38.4 Å². The molecule has 0 aromatic heterocycles. The summed E-state index contributed by atoms with van der Waals surface area (Å²) >= 11 is 3.47. The van der Waals surface area contributed by atoms with E-state index in [4.69, 9.17) is 9.47 Å². The molecule has 108 valence electrons. The van der Waals surface area contributed by atoms with Gasteiger partial charge in [0.1, 0.15) is 6.04 Å². The summed E-state index contributed by atoms with van der Waals surface area (Å²) in [6.07, 6.45) is 2.15. The van der Waals surface area contributed by atoms with Gasteiger partial charge >= 0.3 is 5.97 Å². The van der Waals surface area contributed by atoms with Crippen LogP contribution in [-0.2, 0) is 11.3 Å². The smallest absolute Gasteiger partial charge is 0.320 e. The van der Waals surface area contributed by atoms with E-state index in [9.17, 15) is 9.90 Å². The van der Waals surface area contributed by atoms with Crippen molar-refractivity contribution in [1.29, 1.82) is 0 Å². The summed E-state index contributed by atoms with van der Waals surface area (Å²) in [5.74, 6) is 0.655. The molecule has 1 fully saturated rings. The van der Waals surface area contributed by atoms with Gasteiger partial charge in [-0.2, -0.15) is 0 Å². The molecule has 6 heteroatoms. The summed E-state index contributed by atoms with van der Waals surface area (Å²) in [4.78, 5) is 13.3. The number of rotatable bonds is 5. The van der Waals surface area contributed by atoms with Crippen LogP contribution < -0.4 is 9.47 Å². The number of carboxylic acids is 1. The van der Waals surface area contributed by atoms with Gasteiger partial charge in [-0.3, -0.25) is 9.69 Å². The SMILES string of the molecule is CC(C(=O)O)N(Cc1cc(Br)c2c(c1)OCO2)C1CC1. The standard InChI is InChI=1S/C14H16BrNO4/c1-8(14(17)18)16(10-2-3-10)6-9-4-11(15)13-12(5-9)19-7-20-13/h4-5,8,10H,2-3,6-7H2,1H3,(H,17,18). The first-order valence-corrected chi connectivity index (χ1v) is 7.42. The summed E-state index contributed by atoms with van der Waals surface area (Å²) in [5.41, 5.74) is 1.03. The van der Waals surface area contributed by atoms with E-state index in [1.54, 1.807) is 6.92 Å². The molecule has 1 aliphatic carbocycles. The molecule has 1 N–H and O–H groups in total. The lowest BCUT2D eigenvalue weighted by Gasteiger charge is -2.26. The van der Waals surface area contributed by atoms with Crippen LogP contribution in [0.5, 0.6) is 11.5 Å². The Kier molecular flexibility index (Phi) is 3.60. The lowest BCUT2D eigenvalue weighted by molar-refractivity contribution is -0.143. The Morgan fingerprint density at radius 3 is 2.90 bits per heavy atom. The largest absolute Gasteiger partial charge is 0.480 e. The highest BCUT2D eigenvalue weighted by molar-refractivity contribution is 9.10. The Morgan fingerprint density at radius 1 is 1.50 bits per heavy atom. The lowest BCUT2D eigenvalue weighted by Crippen LogP contribution is -2.40. The molecule has 1 aliphatic heterocycles. The van der Waals surface area contributed by atoms with Crippen molar-refractivity contribution in [2.75, 3.05) is 6.79 Å². The first-order chi connectivity index (χ1) is 9.56. The molecule has 1 aromatic carbocycles. The molecule has 1 heterocycles. The Hall–Kier alpha value is -1.27. The van der Waals surface area contributed by atoms with Crippen molar-refractivity contribution in [1.82, 2.24) is 4.90 Å². The van der Waals surface area contributed by atoms with Gasteiger partial charge in [0.25, 0.3) is 0 Å². The van der Waals surface area contributed by atoms with Crippen molar-refractivity contribution >= 4 is 21.9 Å². The third-order valence-corrected chi connectivity index (χ3v) is 4.31. The zero-order valence-electron chi connectivity index (χ0n) is 11.1. The summed E-state index contributed by atoms with van der Waals surface area (Å²) in [6.45, 7) is 2.57. The van der Waals surface area contributed by atoms with Gasteiger partial charge < -0.3 is 14.6 Å². The molecule has 1 aromatic rings. The van der Waals surface area contributed by atoms with Crippen LogP contribution in [0.15, 0.2) is 16.6 Å². The van der Waals surface area contributed by atoms with Crippen LogP contribution in [0.25, 0.3) is 0 Å². The fourth-order valence-electron chi connectivity index (χ4n) is 2.45. The first-order valence-electron chi connectivity index (χ1n) is 6.63. The molecule has 1 saturated carbocycles. The van der Waals surface area contributed by atoms with E-state index in [0.717, 1.165) is 28.6 Å². The fraction of sp³-hybridized carbons (Fsp3) is 0.500. The molecule has 3 rings (SSSR count). The van der Waals surface area contributed by atoms with E-state index in [0.29, 0.717) is 18.3 Å². The zero-order valence-corrected chi connectivity index (χ0v) is 12.7. The van der Waals surface area contributed by atoms with Gasteiger partial charge in [-0.15, -0.1) is 0 Å². The maximum Gasteiger partial charge on any atom is 0.320 e. The molecular formula is C14H16BrNO4. The summed E-state index contributed by atoms with van der Waals surface area (Å²) in [7, 11) is 0. The highest BCUT2D eigenvalue weighted by Gasteiger charge is 2.35. The third kappa shape index (κ3) is 2.62. The average molecular weight is 342 g/mol. The Balaban J connectivity index is 1.82. The van der Waals surface area contributed by atoms with E-state index in [1.807, 2.05) is 17.0 Å². The van der Waals surface area contributed by atoms with Crippen molar-refractivity contribution in [2.24, 2.45) is 0 Å². The number of aliphatic carboxylic acids is 1. The molecule has 1 atom stereocenters. The molecule has 0 saturated heterocycles. The molecule has 0 amide bonds. The summed E-state index contributed by atoms with van der Waals surface area (Å²) in [6, 6.07) is 3.80. The monoisotopic (exact) mass is 341 g/mol. The number of benzene rings is 1. The quantitative estimate of drug-likeness (QED) is 0.891. The van der Waals surface area contributed by atoms with Gasteiger partial charge in [-0.05, 0) is 53.4 Å². The van der Waals surface area contributed by atoms with Crippen LogP contribution in [0.3, 0.4) is 0 Å². The third-order valence-electron chi connectivity index (χ3n) is 3.72. The highest BCUT2D eigenvalue weighted by Crippen LogP contribution is 2.41. The molecular weight excluding hydrogens is 326 g/mol. The predicted octanol–water partition coefficient (Wildman–Crippen LogP) is 2.62. The summed E-state index contributed by atoms with van der Waals surface area (Å²) in [5, 5.41) is 9.22. The zero-order chi connectivity index (χ0) is 14.3. The molecule has 2 aliphatic rings. The maximum atomic E-state index is 11.2. The van der Waals surface area contributed by atoms with E-state index >= 15 is 0 Å². The van der Waals surface area contributed by atoms with Crippen LogP contribution >= 0.6 is 15.9 Å². The van der Waals surface area contributed by atoms with Gasteiger partial charge in [0.15, 0.2) is 11.5 Å². The van der Waals surface area contributed by atoms with E-state index in [2.05, 4.69) is 15.9 Å². The van der Waals surface area contributed by atoms with Crippen molar-refractivity contribution in [3.63, 3.8) is 0 Å². The van der Waals surface area contributed by atoms with Crippen LogP contribution in [-0.4, -0.2) is 34.9 Å². The number of carboxylic acid groups (broad SMARTS) is 1. The highest BCUT2D eigenvalue weighted by atomic mass is 79.9. The molecule has 1 unspecified atom stereocenters. The van der Waals surface area contributed by atoms with E-state index in [1.165, 1.54) is 0 Å². The van der Waals surface area contributed by atoms with Crippen molar-refractivity contribution in [3.05, 3.63) is 22.2 Å². The summed E-state index contributed by atoms with van der Waals surface area (Å²) < 4.78 is 11.6. The van der Waals surface area contributed by atoms with Gasteiger partial charge in [0, 0.05) is 12.6 Å². The van der Waals surface area contributed by atoms with Gasteiger partial charge in [0.05, 0.1) is 4.47 Å². The first kappa shape index (κ1) is 13.7. The van der Waals surface area contributed by atoms with Crippen molar-refractivity contribution < 1.29 is 19.4 Å². The predicted molar refractivity (Wildman–Crippen MR) is 75.9 cm³/mol. The second-order valence-electron chi connectivity index (χ2n) is 5.23.